The summed E-state index contributed by atoms with van der Waals surface area (Å²) in [7, 11) is 0. The van der Waals surface area contributed by atoms with E-state index in [1.165, 1.54) is 0 Å². The van der Waals surface area contributed by atoms with Crippen LogP contribution in [0, 0.1) is 5.92 Å². The molecule has 4 nitrogen and oxygen atoms in total. The zero-order chi connectivity index (χ0) is 12.7. The van der Waals surface area contributed by atoms with Gasteiger partial charge in [-0.3, -0.25) is 9.69 Å². The molecule has 2 atom stereocenters. The van der Waals surface area contributed by atoms with E-state index in [0.29, 0.717) is 0 Å². The van der Waals surface area contributed by atoms with Crippen molar-refractivity contribution in [3.63, 3.8) is 0 Å². The first kappa shape index (κ1) is 14.5. The average Bonchev–Trinajstić information content (AvgIpc) is 2.28. The first-order chi connectivity index (χ1) is 8.16. The van der Waals surface area contributed by atoms with E-state index in [2.05, 4.69) is 4.90 Å². The lowest BCUT2D eigenvalue weighted by atomic mass is 9.90. The third-order valence-electron chi connectivity index (χ3n) is 3.64. The van der Waals surface area contributed by atoms with Gasteiger partial charge in [-0.15, -0.1) is 0 Å². The number of piperidine rings is 1. The second kappa shape index (κ2) is 7.67. The summed E-state index contributed by atoms with van der Waals surface area (Å²) >= 11 is 0. The van der Waals surface area contributed by atoms with Crippen LogP contribution in [0.3, 0.4) is 0 Å². The molecule has 0 aromatic heterocycles. The predicted molar refractivity (Wildman–Crippen MR) is 66.9 cm³/mol. The quantitative estimate of drug-likeness (QED) is 0.668. The zero-order valence-corrected chi connectivity index (χ0v) is 10.8. The van der Waals surface area contributed by atoms with Crippen molar-refractivity contribution < 1.29 is 15.0 Å². The highest BCUT2D eigenvalue weighted by molar-refractivity contribution is 5.74. The van der Waals surface area contributed by atoms with Crippen LogP contribution < -0.4 is 0 Å². The van der Waals surface area contributed by atoms with Gasteiger partial charge in [-0.05, 0) is 44.7 Å². The highest BCUT2D eigenvalue weighted by Gasteiger charge is 2.33. The van der Waals surface area contributed by atoms with Gasteiger partial charge in [0, 0.05) is 6.61 Å². The van der Waals surface area contributed by atoms with E-state index < -0.39 is 5.97 Å². The van der Waals surface area contributed by atoms with Gasteiger partial charge in [-0.25, -0.2) is 0 Å². The highest BCUT2D eigenvalue weighted by atomic mass is 16.4. The van der Waals surface area contributed by atoms with E-state index in [4.69, 9.17) is 5.11 Å². The smallest absolute Gasteiger partial charge is 0.321 e. The van der Waals surface area contributed by atoms with Crippen molar-refractivity contribution in [2.45, 2.75) is 51.5 Å². The summed E-state index contributed by atoms with van der Waals surface area (Å²) in [5.74, 6) is -0.411. The van der Waals surface area contributed by atoms with Gasteiger partial charge in [0.2, 0.25) is 0 Å². The van der Waals surface area contributed by atoms with Crippen molar-refractivity contribution in [3.8, 4) is 0 Å². The Morgan fingerprint density at radius 3 is 2.65 bits per heavy atom. The number of aliphatic carboxylic acids is 1. The fraction of sp³-hybridized carbons (Fsp3) is 0.923. The molecule has 1 saturated heterocycles. The molecule has 0 spiro atoms. The molecular weight excluding hydrogens is 218 g/mol. The molecule has 0 radical (unpaired) electrons. The van der Waals surface area contributed by atoms with Crippen LogP contribution in [0.25, 0.3) is 0 Å². The molecule has 1 heterocycles. The molecule has 1 fully saturated rings. The number of hydrogen-bond acceptors (Lipinski definition) is 3. The summed E-state index contributed by atoms with van der Waals surface area (Å²) in [5, 5.41) is 17.9. The molecule has 2 N–H and O–H groups in total. The Labute approximate surface area is 104 Å². The van der Waals surface area contributed by atoms with E-state index in [1.807, 2.05) is 6.92 Å². The van der Waals surface area contributed by atoms with E-state index in [9.17, 15) is 9.90 Å². The number of hydrogen-bond donors (Lipinski definition) is 2. The minimum atomic E-state index is -0.674. The molecular formula is C13H25NO3. The van der Waals surface area contributed by atoms with Crippen LogP contribution in [0.1, 0.15) is 45.4 Å². The third kappa shape index (κ3) is 4.64. The molecule has 1 aliphatic rings. The van der Waals surface area contributed by atoms with Crippen LogP contribution >= 0.6 is 0 Å². The lowest BCUT2D eigenvalue weighted by Crippen LogP contribution is -2.49. The Morgan fingerprint density at radius 1 is 1.29 bits per heavy atom. The Morgan fingerprint density at radius 2 is 2.00 bits per heavy atom. The van der Waals surface area contributed by atoms with Gasteiger partial charge in [0.15, 0.2) is 0 Å². The second-order valence-electron chi connectivity index (χ2n) is 5.08. The molecule has 1 aliphatic heterocycles. The monoisotopic (exact) mass is 243 g/mol. The van der Waals surface area contributed by atoms with Crippen molar-refractivity contribution in [3.05, 3.63) is 0 Å². The van der Waals surface area contributed by atoms with Gasteiger partial charge in [0.1, 0.15) is 6.04 Å². The first-order valence-electron chi connectivity index (χ1n) is 6.74. The molecule has 100 valence electrons. The van der Waals surface area contributed by atoms with Gasteiger partial charge >= 0.3 is 5.97 Å². The maximum absolute atomic E-state index is 11.2. The SMILES string of the molecule is CC1CCCN(CCCCCCO)C1C(=O)O. The lowest BCUT2D eigenvalue weighted by Gasteiger charge is -2.37. The van der Waals surface area contributed by atoms with Gasteiger partial charge < -0.3 is 10.2 Å². The zero-order valence-electron chi connectivity index (χ0n) is 10.8. The molecule has 2 unspecified atom stereocenters. The molecule has 4 heteroatoms. The predicted octanol–water partition coefficient (Wildman–Crippen LogP) is 1.72. The maximum atomic E-state index is 11.2. The third-order valence-corrected chi connectivity index (χ3v) is 3.64. The van der Waals surface area contributed by atoms with Crippen LogP contribution in [-0.2, 0) is 4.79 Å². The highest BCUT2D eigenvalue weighted by Crippen LogP contribution is 2.23. The van der Waals surface area contributed by atoms with Crippen molar-refractivity contribution in [1.29, 1.82) is 0 Å². The number of carboxylic acid groups (broad SMARTS) is 1. The molecule has 0 aromatic rings. The minimum absolute atomic E-state index is 0.262. The fourth-order valence-corrected chi connectivity index (χ4v) is 2.70. The molecule has 0 amide bonds. The number of carboxylic acids is 1. The van der Waals surface area contributed by atoms with E-state index in [-0.39, 0.29) is 18.6 Å². The Bertz CT molecular complexity index is 233. The van der Waals surface area contributed by atoms with Gasteiger partial charge in [0.25, 0.3) is 0 Å². The fourth-order valence-electron chi connectivity index (χ4n) is 2.70. The van der Waals surface area contributed by atoms with Crippen LogP contribution in [0.15, 0.2) is 0 Å². The largest absolute Gasteiger partial charge is 0.480 e. The Kier molecular flexibility index (Phi) is 6.52. The summed E-state index contributed by atoms with van der Waals surface area (Å²) in [6.07, 6.45) is 6.16. The number of carbonyl (C=O) groups is 1. The molecule has 0 saturated carbocycles. The van der Waals surface area contributed by atoms with Crippen LogP contribution in [-0.4, -0.2) is 46.8 Å². The van der Waals surface area contributed by atoms with Crippen molar-refractivity contribution in [2.75, 3.05) is 19.7 Å². The lowest BCUT2D eigenvalue weighted by molar-refractivity contribution is -0.146. The number of unbranched alkanes of at least 4 members (excludes halogenated alkanes) is 3. The topological polar surface area (TPSA) is 60.8 Å². The van der Waals surface area contributed by atoms with Gasteiger partial charge in [-0.2, -0.15) is 0 Å². The maximum Gasteiger partial charge on any atom is 0.321 e. The number of rotatable bonds is 7. The van der Waals surface area contributed by atoms with Crippen LogP contribution in [0.2, 0.25) is 0 Å². The summed E-state index contributed by atoms with van der Waals surface area (Å²) in [6.45, 7) is 4.10. The Balaban J connectivity index is 2.31. The van der Waals surface area contributed by atoms with Gasteiger partial charge in [-0.1, -0.05) is 19.8 Å². The number of likely N-dealkylation sites (tertiary alicyclic amines) is 1. The van der Waals surface area contributed by atoms with E-state index >= 15 is 0 Å². The molecule has 0 aromatic carbocycles. The summed E-state index contributed by atoms with van der Waals surface area (Å²) in [5.41, 5.74) is 0. The summed E-state index contributed by atoms with van der Waals surface area (Å²) in [4.78, 5) is 13.4. The second-order valence-corrected chi connectivity index (χ2v) is 5.08. The number of nitrogens with zero attached hydrogens (tertiary/aromatic N) is 1. The van der Waals surface area contributed by atoms with Crippen LogP contribution in [0.4, 0.5) is 0 Å². The number of aliphatic hydroxyl groups excluding tert-OH is 1. The van der Waals surface area contributed by atoms with E-state index in [1.54, 1.807) is 0 Å². The standard InChI is InChI=1S/C13H25NO3/c1-11-7-6-9-14(12(11)13(16)17)8-4-2-3-5-10-15/h11-12,15H,2-10H2,1H3,(H,16,17). The Hall–Kier alpha value is -0.610. The summed E-state index contributed by atoms with van der Waals surface area (Å²) < 4.78 is 0. The van der Waals surface area contributed by atoms with E-state index in [0.717, 1.165) is 51.6 Å². The summed E-state index contributed by atoms with van der Waals surface area (Å²) in [6, 6.07) is -0.290. The molecule has 17 heavy (non-hydrogen) atoms. The van der Waals surface area contributed by atoms with Crippen molar-refractivity contribution in [2.24, 2.45) is 5.92 Å². The van der Waals surface area contributed by atoms with Crippen molar-refractivity contribution in [1.82, 2.24) is 4.90 Å². The average molecular weight is 243 g/mol. The van der Waals surface area contributed by atoms with Crippen LogP contribution in [0.5, 0.6) is 0 Å². The molecule has 0 bridgehead atoms. The van der Waals surface area contributed by atoms with Gasteiger partial charge in [0.05, 0.1) is 0 Å². The molecule has 0 aliphatic carbocycles. The number of aliphatic hydroxyl groups is 1. The van der Waals surface area contributed by atoms with Crippen molar-refractivity contribution >= 4 is 5.97 Å². The minimum Gasteiger partial charge on any atom is -0.480 e. The normalized spacial score (nSPS) is 26.0. The molecule has 1 rings (SSSR count). The first-order valence-corrected chi connectivity index (χ1v) is 6.74.